The second-order valence-corrected chi connectivity index (χ2v) is 5.92. The number of hydrogen-bond acceptors (Lipinski definition) is 4. The number of rotatable bonds is 8. The fraction of sp³-hybridized carbons (Fsp3) is 0.182. The standard InChI is InChI=1S/C22H22FNO3.ClH/c1-25-18-8-9-20(23)19(14-18)17-7-10-21(26-12-11-24)22(13-17)27-15-16-5-3-2-4-6-16;/h2-10,13-14H,11-12,15,24H2,1H3;1H. The highest BCUT2D eigenvalue weighted by atomic mass is 35.5. The first-order chi connectivity index (χ1) is 13.2. The molecule has 0 aromatic heterocycles. The number of nitrogens with two attached hydrogens (primary N) is 1. The topological polar surface area (TPSA) is 53.7 Å². The van der Waals surface area contributed by atoms with E-state index in [1.54, 1.807) is 37.4 Å². The molecule has 0 bridgehead atoms. The lowest BCUT2D eigenvalue weighted by Gasteiger charge is -2.15. The Bertz CT molecular complexity index is 890. The van der Waals surface area contributed by atoms with Gasteiger partial charge in [0.05, 0.1) is 7.11 Å². The molecule has 6 heteroatoms. The van der Waals surface area contributed by atoms with Crippen LogP contribution in [-0.2, 0) is 6.61 Å². The summed E-state index contributed by atoms with van der Waals surface area (Å²) in [4.78, 5) is 0. The van der Waals surface area contributed by atoms with Gasteiger partial charge in [-0.25, -0.2) is 4.39 Å². The molecule has 0 saturated heterocycles. The summed E-state index contributed by atoms with van der Waals surface area (Å²) in [5, 5.41) is 0. The summed E-state index contributed by atoms with van der Waals surface area (Å²) in [5.41, 5.74) is 7.67. The summed E-state index contributed by atoms with van der Waals surface area (Å²) in [6.07, 6.45) is 0. The van der Waals surface area contributed by atoms with Crippen LogP contribution in [0.4, 0.5) is 4.39 Å². The van der Waals surface area contributed by atoms with E-state index in [0.29, 0.717) is 48.1 Å². The van der Waals surface area contributed by atoms with Crippen LogP contribution in [0.25, 0.3) is 11.1 Å². The highest BCUT2D eigenvalue weighted by molar-refractivity contribution is 5.85. The third kappa shape index (κ3) is 5.38. The van der Waals surface area contributed by atoms with Gasteiger partial charge in [-0.1, -0.05) is 36.4 Å². The van der Waals surface area contributed by atoms with Gasteiger partial charge in [-0.2, -0.15) is 0 Å². The van der Waals surface area contributed by atoms with E-state index >= 15 is 0 Å². The summed E-state index contributed by atoms with van der Waals surface area (Å²) in [6, 6.07) is 19.8. The van der Waals surface area contributed by atoms with Gasteiger partial charge in [0.1, 0.15) is 24.8 Å². The van der Waals surface area contributed by atoms with Crippen molar-refractivity contribution in [1.82, 2.24) is 0 Å². The van der Waals surface area contributed by atoms with Gasteiger partial charge < -0.3 is 19.9 Å². The van der Waals surface area contributed by atoms with Crippen molar-refractivity contribution in [2.45, 2.75) is 6.61 Å². The van der Waals surface area contributed by atoms with Gasteiger partial charge in [0, 0.05) is 12.1 Å². The quantitative estimate of drug-likeness (QED) is 0.584. The minimum Gasteiger partial charge on any atom is -0.497 e. The molecular formula is C22H23ClFNO3. The molecule has 0 fully saturated rings. The Hall–Kier alpha value is -2.76. The molecule has 0 spiro atoms. The number of hydrogen-bond donors (Lipinski definition) is 1. The Kier molecular flexibility index (Phi) is 8.11. The average molecular weight is 404 g/mol. The van der Waals surface area contributed by atoms with E-state index in [0.717, 1.165) is 5.56 Å². The van der Waals surface area contributed by atoms with Crippen molar-refractivity contribution < 1.29 is 18.6 Å². The first-order valence-corrected chi connectivity index (χ1v) is 8.69. The predicted molar refractivity (Wildman–Crippen MR) is 111 cm³/mol. The van der Waals surface area contributed by atoms with Crippen LogP contribution in [0.3, 0.4) is 0 Å². The maximum absolute atomic E-state index is 14.3. The van der Waals surface area contributed by atoms with Crippen LogP contribution in [0.5, 0.6) is 17.2 Å². The molecule has 3 aromatic rings. The molecule has 0 aliphatic rings. The summed E-state index contributed by atoms with van der Waals surface area (Å²) in [5.74, 6) is 1.36. The third-order valence-electron chi connectivity index (χ3n) is 4.04. The SMILES string of the molecule is COc1ccc(F)c(-c2ccc(OCCN)c(OCc3ccccc3)c2)c1.Cl. The van der Waals surface area contributed by atoms with Gasteiger partial charge in [0.15, 0.2) is 11.5 Å². The maximum atomic E-state index is 14.3. The zero-order valence-corrected chi connectivity index (χ0v) is 16.4. The molecule has 4 nitrogen and oxygen atoms in total. The van der Waals surface area contributed by atoms with Gasteiger partial charge in [-0.05, 0) is 41.5 Å². The van der Waals surface area contributed by atoms with Crippen LogP contribution in [0.2, 0.25) is 0 Å². The van der Waals surface area contributed by atoms with Gasteiger partial charge in [0.25, 0.3) is 0 Å². The smallest absolute Gasteiger partial charge is 0.162 e. The Morgan fingerprint density at radius 1 is 0.893 bits per heavy atom. The molecule has 0 radical (unpaired) electrons. The number of benzene rings is 3. The zero-order valence-electron chi connectivity index (χ0n) is 15.6. The summed E-state index contributed by atoms with van der Waals surface area (Å²) in [7, 11) is 1.55. The first-order valence-electron chi connectivity index (χ1n) is 8.69. The van der Waals surface area contributed by atoms with Crippen molar-refractivity contribution in [2.24, 2.45) is 5.73 Å². The highest BCUT2D eigenvalue weighted by Crippen LogP contribution is 2.35. The number of methoxy groups -OCH3 is 1. The van der Waals surface area contributed by atoms with Crippen LogP contribution < -0.4 is 19.9 Å². The predicted octanol–water partition coefficient (Wildman–Crippen LogP) is 4.84. The molecule has 0 atom stereocenters. The van der Waals surface area contributed by atoms with Gasteiger partial charge >= 0.3 is 0 Å². The van der Waals surface area contributed by atoms with E-state index < -0.39 is 0 Å². The molecular weight excluding hydrogens is 381 g/mol. The second-order valence-electron chi connectivity index (χ2n) is 5.92. The normalized spacial score (nSPS) is 10.1. The minimum absolute atomic E-state index is 0. The van der Waals surface area contributed by atoms with E-state index in [1.807, 2.05) is 30.3 Å². The van der Waals surface area contributed by atoms with Crippen LogP contribution in [-0.4, -0.2) is 20.3 Å². The molecule has 0 unspecified atom stereocenters. The number of ether oxygens (including phenoxy) is 3. The Labute approximate surface area is 170 Å². The van der Waals surface area contributed by atoms with Crippen LogP contribution in [0.15, 0.2) is 66.7 Å². The van der Waals surface area contributed by atoms with E-state index in [2.05, 4.69) is 0 Å². The summed E-state index contributed by atoms with van der Waals surface area (Å²) < 4.78 is 31.2. The lowest BCUT2D eigenvalue weighted by Crippen LogP contribution is -2.11. The molecule has 28 heavy (non-hydrogen) atoms. The van der Waals surface area contributed by atoms with Crippen molar-refractivity contribution in [1.29, 1.82) is 0 Å². The van der Waals surface area contributed by atoms with Gasteiger partial charge in [-0.15, -0.1) is 12.4 Å². The first kappa shape index (κ1) is 21.5. The average Bonchev–Trinajstić information content (AvgIpc) is 2.72. The maximum Gasteiger partial charge on any atom is 0.162 e. The molecule has 0 amide bonds. The van der Waals surface area contributed by atoms with Crippen molar-refractivity contribution in [2.75, 3.05) is 20.3 Å². The lowest BCUT2D eigenvalue weighted by atomic mass is 10.0. The van der Waals surface area contributed by atoms with Crippen LogP contribution in [0.1, 0.15) is 5.56 Å². The van der Waals surface area contributed by atoms with Gasteiger partial charge in [-0.3, -0.25) is 0 Å². The van der Waals surface area contributed by atoms with Crippen LogP contribution >= 0.6 is 12.4 Å². The largest absolute Gasteiger partial charge is 0.497 e. The molecule has 0 heterocycles. The Balaban J connectivity index is 0.00000280. The van der Waals surface area contributed by atoms with Gasteiger partial charge in [0.2, 0.25) is 0 Å². The third-order valence-corrected chi connectivity index (χ3v) is 4.04. The molecule has 148 valence electrons. The van der Waals surface area contributed by atoms with Crippen molar-refractivity contribution in [3.8, 4) is 28.4 Å². The fourth-order valence-electron chi connectivity index (χ4n) is 2.66. The van der Waals surface area contributed by atoms with E-state index in [1.165, 1.54) is 6.07 Å². The monoisotopic (exact) mass is 403 g/mol. The summed E-state index contributed by atoms with van der Waals surface area (Å²) >= 11 is 0. The Morgan fingerprint density at radius 3 is 2.39 bits per heavy atom. The van der Waals surface area contributed by atoms with Crippen molar-refractivity contribution >= 4 is 12.4 Å². The number of halogens is 2. The minimum atomic E-state index is -0.333. The highest BCUT2D eigenvalue weighted by Gasteiger charge is 2.12. The summed E-state index contributed by atoms with van der Waals surface area (Å²) in [6.45, 7) is 1.14. The lowest BCUT2D eigenvalue weighted by molar-refractivity contribution is 0.266. The molecule has 0 saturated carbocycles. The molecule has 0 aliphatic heterocycles. The molecule has 3 aromatic carbocycles. The molecule has 2 N–H and O–H groups in total. The molecule has 3 rings (SSSR count). The van der Waals surface area contributed by atoms with E-state index in [-0.39, 0.29) is 18.2 Å². The van der Waals surface area contributed by atoms with Crippen molar-refractivity contribution in [3.05, 3.63) is 78.1 Å². The molecule has 0 aliphatic carbocycles. The van der Waals surface area contributed by atoms with E-state index in [9.17, 15) is 4.39 Å². The zero-order chi connectivity index (χ0) is 19.1. The Morgan fingerprint density at radius 2 is 1.68 bits per heavy atom. The van der Waals surface area contributed by atoms with Crippen molar-refractivity contribution in [3.63, 3.8) is 0 Å². The van der Waals surface area contributed by atoms with Crippen LogP contribution in [0, 0.1) is 5.82 Å². The fourth-order valence-corrected chi connectivity index (χ4v) is 2.66. The second kappa shape index (κ2) is 10.5. The van der Waals surface area contributed by atoms with E-state index in [4.69, 9.17) is 19.9 Å².